The Bertz CT molecular complexity index is 759. The van der Waals surface area contributed by atoms with Crippen LogP contribution in [0.2, 0.25) is 0 Å². The van der Waals surface area contributed by atoms with E-state index < -0.39 is 12.1 Å². The van der Waals surface area contributed by atoms with E-state index in [9.17, 15) is 9.59 Å². The summed E-state index contributed by atoms with van der Waals surface area (Å²) >= 11 is 0. The third-order valence-corrected chi connectivity index (χ3v) is 4.14. The summed E-state index contributed by atoms with van der Waals surface area (Å²) in [4.78, 5) is 23.6. The fourth-order valence-electron chi connectivity index (χ4n) is 2.50. The zero-order chi connectivity index (χ0) is 19.1. The first-order valence-electron chi connectivity index (χ1n) is 8.60. The predicted molar refractivity (Wildman–Crippen MR) is 102 cm³/mol. The number of hydrogen-bond donors (Lipinski definition) is 3. The minimum Gasteiger partial charge on any atom is -0.457 e. The molecule has 0 saturated heterocycles. The molecule has 0 radical (unpaired) electrons. The molecule has 0 unspecified atom stereocenters. The SMILES string of the molecule is CC[C@@H](C)[C@@H](NC(N)=O)C(=O)Nc1ccc(Oc2cccc(C)c2)cc1. The molecule has 0 bridgehead atoms. The number of primary amides is 1. The van der Waals surface area contributed by atoms with Crippen molar-refractivity contribution in [2.24, 2.45) is 11.7 Å². The van der Waals surface area contributed by atoms with Gasteiger partial charge in [0.05, 0.1) is 0 Å². The molecule has 138 valence electrons. The van der Waals surface area contributed by atoms with Gasteiger partial charge < -0.3 is 21.1 Å². The van der Waals surface area contributed by atoms with Crippen molar-refractivity contribution in [1.82, 2.24) is 5.32 Å². The van der Waals surface area contributed by atoms with Gasteiger partial charge in [-0.05, 0) is 54.8 Å². The molecule has 0 aliphatic rings. The van der Waals surface area contributed by atoms with Gasteiger partial charge in [-0.25, -0.2) is 4.79 Å². The van der Waals surface area contributed by atoms with E-state index >= 15 is 0 Å². The lowest BCUT2D eigenvalue weighted by atomic mass is 9.98. The maximum atomic E-state index is 12.4. The Labute approximate surface area is 153 Å². The maximum Gasteiger partial charge on any atom is 0.312 e. The molecule has 0 heterocycles. The van der Waals surface area contributed by atoms with Crippen LogP contribution in [0.25, 0.3) is 0 Å². The van der Waals surface area contributed by atoms with Gasteiger partial charge in [-0.15, -0.1) is 0 Å². The summed E-state index contributed by atoms with van der Waals surface area (Å²) in [5.41, 5.74) is 6.91. The van der Waals surface area contributed by atoms with Crippen LogP contribution in [0, 0.1) is 12.8 Å². The van der Waals surface area contributed by atoms with Crippen molar-refractivity contribution < 1.29 is 14.3 Å². The number of nitrogens with two attached hydrogens (primary N) is 1. The van der Waals surface area contributed by atoms with Gasteiger partial charge in [0.25, 0.3) is 0 Å². The van der Waals surface area contributed by atoms with E-state index in [0.717, 1.165) is 17.7 Å². The number of anilines is 1. The van der Waals surface area contributed by atoms with Gasteiger partial charge in [-0.2, -0.15) is 0 Å². The van der Waals surface area contributed by atoms with Crippen molar-refractivity contribution >= 4 is 17.6 Å². The Morgan fingerprint density at radius 3 is 2.38 bits per heavy atom. The molecule has 26 heavy (non-hydrogen) atoms. The average Bonchev–Trinajstić information content (AvgIpc) is 2.60. The first-order chi connectivity index (χ1) is 12.4. The molecule has 3 amide bonds. The van der Waals surface area contributed by atoms with Crippen LogP contribution in [0.1, 0.15) is 25.8 Å². The Balaban J connectivity index is 2.03. The van der Waals surface area contributed by atoms with Crippen molar-refractivity contribution in [3.05, 3.63) is 54.1 Å². The predicted octanol–water partition coefficient (Wildman–Crippen LogP) is 3.81. The molecule has 0 saturated carbocycles. The summed E-state index contributed by atoms with van der Waals surface area (Å²) in [6.07, 6.45) is 0.738. The molecule has 2 aromatic carbocycles. The lowest BCUT2D eigenvalue weighted by Crippen LogP contribution is -2.49. The smallest absolute Gasteiger partial charge is 0.312 e. The van der Waals surface area contributed by atoms with Crippen molar-refractivity contribution in [2.45, 2.75) is 33.2 Å². The van der Waals surface area contributed by atoms with Crippen LogP contribution >= 0.6 is 0 Å². The molecule has 2 aromatic rings. The second-order valence-corrected chi connectivity index (χ2v) is 6.30. The fraction of sp³-hybridized carbons (Fsp3) is 0.300. The Morgan fingerprint density at radius 2 is 1.81 bits per heavy atom. The van der Waals surface area contributed by atoms with Crippen molar-refractivity contribution in [3.8, 4) is 11.5 Å². The van der Waals surface area contributed by atoms with Crippen LogP contribution in [0.15, 0.2) is 48.5 Å². The summed E-state index contributed by atoms with van der Waals surface area (Å²) in [5.74, 6) is 1.09. The molecule has 0 aliphatic heterocycles. The first kappa shape index (κ1) is 19.3. The second-order valence-electron chi connectivity index (χ2n) is 6.30. The standard InChI is InChI=1S/C20H25N3O3/c1-4-14(3)18(23-20(21)25)19(24)22-15-8-10-16(11-9-15)26-17-7-5-6-13(2)12-17/h5-12,14,18H,4H2,1-3H3,(H,22,24)(H3,21,23,25)/t14-,18-/m1/s1. The quantitative estimate of drug-likeness (QED) is 0.705. The topological polar surface area (TPSA) is 93.5 Å². The molecule has 6 nitrogen and oxygen atoms in total. The molecular formula is C20H25N3O3. The summed E-state index contributed by atoms with van der Waals surface area (Å²) in [6, 6.07) is 13.4. The van der Waals surface area contributed by atoms with E-state index in [1.165, 1.54) is 0 Å². The number of benzene rings is 2. The lowest BCUT2D eigenvalue weighted by molar-refractivity contribution is -0.119. The summed E-state index contributed by atoms with van der Waals surface area (Å²) in [6.45, 7) is 5.84. The minimum atomic E-state index is -0.715. The van der Waals surface area contributed by atoms with E-state index in [4.69, 9.17) is 10.5 Å². The van der Waals surface area contributed by atoms with Gasteiger partial charge in [0.15, 0.2) is 0 Å². The van der Waals surface area contributed by atoms with Crippen molar-refractivity contribution in [1.29, 1.82) is 0 Å². The number of amides is 3. The molecule has 4 N–H and O–H groups in total. The zero-order valence-corrected chi connectivity index (χ0v) is 15.3. The molecule has 0 aromatic heterocycles. The maximum absolute atomic E-state index is 12.4. The number of nitrogens with one attached hydrogen (secondary N) is 2. The van der Waals surface area contributed by atoms with E-state index in [2.05, 4.69) is 10.6 Å². The average molecular weight is 355 g/mol. The molecule has 0 spiro atoms. The van der Waals surface area contributed by atoms with Crippen molar-refractivity contribution in [3.63, 3.8) is 0 Å². The number of carbonyl (C=O) groups excluding carboxylic acids is 2. The van der Waals surface area contributed by atoms with Gasteiger partial charge in [-0.1, -0.05) is 32.4 Å². The number of ether oxygens (including phenoxy) is 1. The molecule has 0 fully saturated rings. The van der Waals surface area contributed by atoms with Gasteiger partial charge in [0, 0.05) is 5.69 Å². The molecule has 2 rings (SSSR count). The minimum absolute atomic E-state index is 0.0357. The van der Waals surface area contributed by atoms with E-state index in [1.807, 2.05) is 45.0 Å². The Morgan fingerprint density at radius 1 is 1.12 bits per heavy atom. The van der Waals surface area contributed by atoms with Crippen LogP contribution in [0.5, 0.6) is 11.5 Å². The number of aryl methyl sites for hydroxylation is 1. The van der Waals surface area contributed by atoms with Crippen LogP contribution < -0.4 is 21.1 Å². The van der Waals surface area contributed by atoms with E-state index in [-0.39, 0.29) is 11.8 Å². The van der Waals surface area contributed by atoms with Crippen LogP contribution in [0.3, 0.4) is 0 Å². The highest BCUT2D eigenvalue weighted by atomic mass is 16.5. The summed E-state index contributed by atoms with van der Waals surface area (Å²) in [5, 5.41) is 5.30. The van der Waals surface area contributed by atoms with Crippen LogP contribution in [0.4, 0.5) is 10.5 Å². The van der Waals surface area contributed by atoms with E-state index in [1.54, 1.807) is 24.3 Å². The van der Waals surface area contributed by atoms with Gasteiger partial charge in [0.2, 0.25) is 5.91 Å². The first-order valence-corrected chi connectivity index (χ1v) is 8.60. The Kier molecular flexibility index (Phi) is 6.60. The van der Waals surface area contributed by atoms with Gasteiger partial charge in [0.1, 0.15) is 17.5 Å². The third kappa shape index (κ3) is 5.51. The highest BCUT2D eigenvalue weighted by Crippen LogP contribution is 2.24. The summed E-state index contributed by atoms with van der Waals surface area (Å²) < 4.78 is 5.79. The van der Waals surface area contributed by atoms with Crippen LogP contribution in [-0.2, 0) is 4.79 Å². The molecule has 2 atom stereocenters. The van der Waals surface area contributed by atoms with Crippen molar-refractivity contribution in [2.75, 3.05) is 5.32 Å². The fourth-order valence-corrected chi connectivity index (χ4v) is 2.50. The largest absolute Gasteiger partial charge is 0.457 e. The lowest BCUT2D eigenvalue weighted by Gasteiger charge is -2.22. The number of hydrogen-bond acceptors (Lipinski definition) is 3. The van der Waals surface area contributed by atoms with E-state index in [0.29, 0.717) is 11.4 Å². The number of rotatable bonds is 7. The Hall–Kier alpha value is -3.02. The highest BCUT2D eigenvalue weighted by Gasteiger charge is 2.25. The van der Waals surface area contributed by atoms with Gasteiger partial charge >= 0.3 is 6.03 Å². The number of carbonyl (C=O) groups is 2. The summed E-state index contributed by atoms with van der Waals surface area (Å²) in [7, 11) is 0. The van der Waals surface area contributed by atoms with Gasteiger partial charge in [-0.3, -0.25) is 4.79 Å². The number of urea groups is 1. The zero-order valence-electron chi connectivity index (χ0n) is 15.3. The molecule has 0 aliphatic carbocycles. The monoisotopic (exact) mass is 355 g/mol. The molecule has 6 heteroatoms. The highest BCUT2D eigenvalue weighted by molar-refractivity contribution is 5.97. The molecular weight excluding hydrogens is 330 g/mol. The third-order valence-electron chi connectivity index (χ3n) is 4.14. The van der Waals surface area contributed by atoms with Crippen LogP contribution in [-0.4, -0.2) is 18.0 Å². The normalized spacial score (nSPS) is 12.7. The second kappa shape index (κ2) is 8.89.